The van der Waals surface area contributed by atoms with Crippen LogP contribution in [0.3, 0.4) is 0 Å². The van der Waals surface area contributed by atoms with Crippen molar-refractivity contribution in [3.63, 3.8) is 0 Å². The first-order valence-electron chi connectivity index (χ1n) is 5.90. The molecular formula is C13H21BrN2. The Kier molecular flexibility index (Phi) is 5.13. The Hall–Kier alpha value is -0.700. The van der Waals surface area contributed by atoms with Gasteiger partial charge >= 0.3 is 0 Å². The van der Waals surface area contributed by atoms with Crippen molar-refractivity contribution >= 4 is 27.3 Å². The molecule has 0 heterocycles. The van der Waals surface area contributed by atoms with Gasteiger partial charge in [0.1, 0.15) is 0 Å². The quantitative estimate of drug-likeness (QED) is 0.829. The highest BCUT2D eigenvalue weighted by molar-refractivity contribution is 9.10. The van der Waals surface area contributed by atoms with Crippen molar-refractivity contribution in [2.75, 3.05) is 23.7 Å². The van der Waals surface area contributed by atoms with Gasteiger partial charge in [0, 0.05) is 23.2 Å². The van der Waals surface area contributed by atoms with Gasteiger partial charge in [-0.2, -0.15) is 0 Å². The van der Waals surface area contributed by atoms with Crippen LogP contribution in [0.4, 0.5) is 11.4 Å². The standard InChI is InChI=1S/C13H21BrN2/c1-4-6-7-16(5-2)13-8-10(3)12(15)9-11(13)14/h8-9H,4-7,15H2,1-3H3. The number of nitrogen functional groups attached to an aromatic ring is 1. The third kappa shape index (κ3) is 3.14. The van der Waals surface area contributed by atoms with Crippen LogP contribution in [0.5, 0.6) is 0 Å². The van der Waals surface area contributed by atoms with Gasteiger partial charge in [0.2, 0.25) is 0 Å². The molecule has 0 unspecified atom stereocenters. The maximum atomic E-state index is 5.88. The molecule has 0 saturated carbocycles. The summed E-state index contributed by atoms with van der Waals surface area (Å²) in [6, 6.07) is 4.16. The van der Waals surface area contributed by atoms with Crippen molar-refractivity contribution in [1.82, 2.24) is 0 Å². The van der Waals surface area contributed by atoms with Crippen molar-refractivity contribution in [1.29, 1.82) is 0 Å². The third-order valence-electron chi connectivity index (χ3n) is 2.84. The molecule has 16 heavy (non-hydrogen) atoms. The van der Waals surface area contributed by atoms with Gasteiger partial charge in [-0.1, -0.05) is 13.3 Å². The Balaban J connectivity index is 2.95. The van der Waals surface area contributed by atoms with Crippen LogP contribution in [0.25, 0.3) is 0 Å². The number of anilines is 2. The number of rotatable bonds is 5. The largest absolute Gasteiger partial charge is 0.398 e. The molecule has 0 radical (unpaired) electrons. The molecule has 0 aliphatic heterocycles. The molecule has 90 valence electrons. The molecular weight excluding hydrogens is 264 g/mol. The van der Waals surface area contributed by atoms with E-state index in [9.17, 15) is 0 Å². The van der Waals surface area contributed by atoms with E-state index in [2.05, 4.69) is 47.7 Å². The molecule has 0 aromatic heterocycles. The molecule has 0 bridgehead atoms. The van der Waals surface area contributed by atoms with E-state index in [-0.39, 0.29) is 0 Å². The van der Waals surface area contributed by atoms with Crippen molar-refractivity contribution in [3.8, 4) is 0 Å². The lowest BCUT2D eigenvalue weighted by molar-refractivity contribution is 0.731. The van der Waals surface area contributed by atoms with E-state index in [1.54, 1.807) is 0 Å². The highest BCUT2D eigenvalue weighted by Crippen LogP contribution is 2.30. The molecule has 0 aliphatic carbocycles. The average Bonchev–Trinajstić information content (AvgIpc) is 2.26. The van der Waals surface area contributed by atoms with Crippen LogP contribution >= 0.6 is 15.9 Å². The van der Waals surface area contributed by atoms with Crippen molar-refractivity contribution in [3.05, 3.63) is 22.2 Å². The summed E-state index contributed by atoms with van der Waals surface area (Å²) in [4.78, 5) is 2.39. The lowest BCUT2D eigenvalue weighted by Crippen LogP contribution is -2.24. The van der Waals surface area contributed by atoms with Crippen LogP contribution in [0, 0.1) is 6.92 Å². The van der Waals surface area contributed by atoms with E-state index >= 15 is 0 Å². The maximum Gasteiger partial charge on any atom is 0.0514 e. The smallest absolute Gasteiger partial charge is 0.0514 e. The van der Waals surface area contributed by atoms with Crippen molar-refractivity contribution < 1.29 is 0 Å². The van der Waals surface area contributed by atoms with E-state index in [0.29, 0.717) is 0 Å². The van der Waals surface area contributed by atoms with Gasteiger partial charge in [0.15, 0.2) is 0 Å². The number of hydrogen-bond acceptors (Lipinski definition) is 2. The van der Waals surface area contributed by atoms with Gasteiger partial charge in [-0.25, -0.2) is 0 Å². The summed E-state index contributed by atoms with van der Waals surface area (Å²) in [6.45, 7) is 8.60. The van der Waals surface area contributed by atoms with Gasteiger partial charge in [-0.05, 0) is 53.9 Å². The second kappa shape index (κ2) is 6.14. The minimum Gasteiger partial charge on any atom is -0.398 e. The van der Waals surface area contributed by atoms with E-state index in [0.717, 1.165) is 28.8 Å². The zero-order valence-electron chi connectivity index (χ0n) is 10.4. The van der Waals surface area contributed by atoms with Crippen LogP contribution < -0.4 is 10.6 Å². The Labute approximate surface area is 107 Å². The van der Waals surface area contributed by atoms with Gasteiger partial charge in [-0.15, -0.1) is 0 Å². The number of unbranched alkanes of at least 4 members (excludes halogenated alkanes) is 1. The summed E-state index contributed by atoms with van der Waals surface area (Å²) >= 11 is 3.59. The van der Waals surface area contributed by atoms with Gasteiger partial charge in [0.05, 0.1) is 5.69 Å². The molecule has 0 amide bonds. The first kappa shape index (κ1) is 13.4. The fraction of sp³-hybridized carbons (Fsp3) is 0.538. The first-order valence-corrected chi connectivity index (χ1v) is 6.70. The maximum absolute atomic E-state index is 5.88. The molecule has 1 aromatic carbocycles. The highest BCUT2D eigenvalue weighted by atomic mass is 79.9. The van der Waals surface area contributed by atoms with Gasteiger partial charge < -0.3 is 10.6 Å². The summed E-state index contributed by atoms with van der Waals surface area (Å²) in [7, 11) is 0. The summed E-state index contributed by atoms with van der Waals surface area (Å²) in [5.74, 6) is 0. The summed E-state index contributed by atoms with van der Waals surface area (Å²) in [5, 5.41) is 0. The number of halogens is 1. The summed E-state index contributed by atoms with van der Waals surface area (Å²) < 4.78 is 1.09. The molecule has 0 saturated heterocycles. The number of nitrogens with two attached hydrogens (primary N) is 1. The van der Waals surface area contributed by atoms with Crippen LogP contribution in [0.2, 0.25) is 0 Å². The minimum absolute atomic E-state index is 0.849. The Bertz CT molecular complexity index is 350. The number of nitrogens with zero attached hydrogens (tertiary/aromatic N) is 1. The zero-order valence-corrected chi connectivity index (χ0v) is 12.0. The molecule has 1 rings (SSSR count). The highest BCUT2D eigenvalue weighted by Gasteiger charge is 2.09. The molecule has 3 heteroatoms. The topological polar surface area (TPSA) is 29.3 Å². The molecule has 0 atom stereocenters. The first-order chi connectivity index (χ1) is 7.60. The van der Waals surface area contributed by atoms with E-state index in [1.807, 2.05) is 6.07 Å². The molecule has 1 aromatic rings. The van der Waals surface area contributed by atoms with Gasteiger partial charge in [-0.3, -0.25) is 0 Å². The van der Waals surface area contributed by atoms with E-state index in [1.165, 1.54) is 18.5 Å². The lowest BCUT2D eigenvalue weighted by Gasteiger charge is -2.25. The fourth-order valence-corrected chi connectivity index (χ4v) is 2.33. The summed E-state index contributed by atoms with van der Waals surface area (Å²) in [5.41, 5.74) is 9.13. The predicted octanol–water partition coefficient (Wildman–Crippen LogP) is 3.97. The monoisotopic (exact) mass is 284 g/mol. The zero-order chi connectivity index (χ0) is 12.1. The lowest BCUT2D eigenvalue weighted by atomic mass is 10.1. The molecule has 0 spiro atoms. The van der Waals surface area contributed by atoms with Crippen LogP contribution in [0.15, 0.2) is 16.6 Å². The average molecular weight is 285 g/mol. The predicted molar refractivity (Wildman–Crippen MR) is 76.1 cm³/mol. The Morgan fingerprint density at radius 3 is 2.56 bits per heavy atom. The molecule has 2 N–H and O–H groups in total. The third-order valence-corrected chi connectivity index (χ3v) is 3.47. The van der Waals surface area contributed by atoms with E-state index < -0.39 is 0 Å². The van der Waals surface area contributed by atoms with Crippen molar-refractivity contribution in [2.45, 2.75) is 33.6 Å². The second-order valence-electron chi connectivity index (χ2n) is 4.09. The second-order valence-corrected chi connectivity index (χ2v) is 4.95. The number of aryl methyl sites for hydroxylation is 1. The van der Waals surface area contributed by atoms with Gasteiger partial charge in [0.25, 0.3) is 0 Å². The normalized spacial score (nSPS) is 10.5. The van der Waals surface area contributed by atoms with Crippen LogP contribution in [0.1, 0.15) is 32.3 Å². The molecule has 0 fully saturated rings. The minimum atomic E-state index is 0.849. The van der Waals surface area contributed by atoms with E-state index in [4.69, 9.17) is 5.73 Å². The Morgan fingerprint density at radius 2 is 2.00 bits per heavy atom. The van der Waals surface area contributed by atoms with Crippen LogP contribution in [-0.2, 0) is 0 Å². The Morgan fingerprint density at radius 1 is 1.31 bits per heavy atom. The summed E-state index contributed by atoms with van der Waals surface area (Å²) in [6.07, 6.45) is 2.45. The van der Waals surface area contributed by atoms with Crippen molar-refractivity contribution in [2.24, 2.45) is 0 Å². The molecule has 0 aliphatic rings. The SMILES string of the molecule is CCCCN(CC)c1cc(C)c(N)cc1Br. The molecule has 2 nitrogen and oxygen atoms in total. The fourth-order valence-electron chi connectivity index (χ4n) is 1.72. The van der Waals surface area contributed by atoms with Crippen LogP contribution in [-0.4, -0.2) is 13.1 Å². The number of benzene rings is 1. The number of hydrogen-bond donors (Lipinski definition) is 1.